The van der Waals surface area contributed by atoms with E-state index in [2.05, 4.69) is 5.32 Å². The predicted octanol–water partition coefficient (Wildman–Crippen LogP) is 0.739. The van der Waals surface area contributed by atoms with Crippen LogP contribution in [0.4, 0.5) is 18.0 Å². The summed E-state index contributed by atoms with van der Waals surface area (Å²) in [4.78, 5) is 26.0. The number of carboxylic acid groups (broad SMARTS) is 1. The fourth-order valence-corrected chi connectivity index (χ4v) is 2.83. The molecular weight excluding hydrogens is 291 g/mol. The average molecular weight is 309 g/mol. The van der Waals surface area contributed by atoms with Gasteiger partial charge in [0, 0.05) is 25.7 Å². The average Bonchev–Trinajstić information content (AvgIpc) is 2.95. The molecule has 0 aromatic carbocycles. The van der Waals surface area contributed by atoms with Crippen molar-refractivity contribution in [2.75, 3.05) is 33.2 Å². The van der Waals surface area contributed by atoms with E-state index in [0.717, 1.165) is 17.9 Å². The lowest BCUT2D eigenvalue weighted by Crippen LogP contribution is -2.50. The molecule has 0 spiro atoms. The Labute approximate surface area is 119 Å². The van der Waals surface area contributed by atoms with Crippen LogP contribution in [0.3, 0.4) is 0 Å². The molecule has 2 fully saturated rings. The molecule has 0 radical (unpaired) electrons. The van der Waals surface area contributed by atoms with Gasteiger partial charge in [-0.2, -0.15) is 13.2 Å². The summed E-state index contributed by atoms with van der Waals surface area (Å²) in [5.41, 5.74) is -2.85. The summed E-state index contributed by atoms with van der Waals surface area (Å²) in [6.45, 7) is 0.413. The van der Waals surface area contributed by atoms with Crippen LogP contribution in [0.2, 0.25) is 0 Å². The van der Waals surface area contributed by atoms with E-state index in [9.17, 15) is 22.8 Å². The Hall–Kier alpha value is -1.51. The third kappa shape index (κ3) is 2.92. The van der Waals surface area contributed by atoms with E-state index in [1.807, 2.05) is 11.9 Å². The van der Waals surface area contributed by atoms with Crippen LogP contribution >= 0.6 is 0 Å². The summed E-state index contributed by atoms with van der Waals surface area (Å²) in [5, 5.41) is 11.6. The quantitative estimate of drug-likeness (QED) is 0.789. The van der Waals surface area contributed by atoms with Crippen molar-refractivity contribution in [1.82, 2.24) is 15.1 Å². The molecule has 2 amide bonds. The minimum Gasteiger partial charge on any atom is -0.481 e. The molecular formula is C12H18F3N3O3. The number of carboxylic acids is 1. The lowest BCUT2D eigenvalue weighted by atomic mass is 9.86. The van der Waals surface area contributed by atoms with Crippen LogP contribution in [-0.4, -0.2) is 72.4 Å². The highest BCUT2D eigenvalue weighted by atomic mass is 19.4. The first kappa shape index (κ1) is 15.9. The molecule has 0 aromatic heterocycles. The first-order chi connectivity index (χ1) is 9.65. The van der Waals surface area contributed by atoms with Crippen LogP contribution in [0.15, 0.2) is 0 Å². The lowest BCUT2D eigenvalue weighted by molar-refractivity contribution is -0.226. The van der Waals surface area contributed by atoms with Gasteiger partial charge in [0.15, 0.2) is 5.41 Å². The molecule has 0 saturated carbocycles. The van der Waals surface area contributed by atoms with Gasteiger partial charge in [-0.15, -0.1) is 0 Å². The standard InChI is InChI=1S/C12H18F3N3O3/c1-17-4-2-8(6-17)16-10(21)18-5-3-11(7-18,9(19)20)12(13,14)15/h8H,2-7H2,1H3,(H,16,21)(H,19,20). The number of halogens is 3. The van der Waals surface area contributed by atoms with Gasteiger partial charge in [-0.05, 0) is 26.4 Å². The van der Waals surface area contributed by atoms with Crippen LogP contribution in [0, 0.1) is 5.41 Å². The molecule has 2 aliphatic rings. The Morgan fingerprint density at radius 3 is 2.43 bits per heavy atom. The van der Waals surface area contributed by atoms with Crippen molar-refractivity contribution >= 4 is 12.0 Å². The van der Waals surface area contributed by atoms with E-state index in [4.69, 9.17) is 5.11 Å². The summed E-state index contributed by atoms with van der Waals surface area (Å²) in [6.07, 6.45) is -4.75. The van der Waals surface area contributed by atoms with Gasteiger partial charge in [0.05, 0.1) is 0 Å². The molecule has 2 N–H and O–H groups in total. The van der Waals surface area contributed by atoms with Gasteiger partial charge in [-0.1, -0.05) is 0 Å². The summed E-state index contributed by atoms with van der Waals surface area (Å²) in [7, 11) is 1.89. The summed E-state index contributed by atoms with van der Waals surface area (Å²) >= 11 is 0. The van der Waals surface area contributed by atoms with Crippen molar-refractivity contribution in [3.8, 4) is 0 Å². The fourth-order valence-electron chi connectivity index (χ4n) is 2.83. The second kappa shape index (κ2) is 5.36. The second-order valence-electron chi connectivity index (χ2n) is 5.75. The number of amides is 2. The van der Waals surface area contributed by atoms with Gasteiger partial charge < -0.3 is 20.2 Å². The van der Waals surface area contributed by atoms with Gasteiger partial charge in [-0.25, -0.2) is 4.79 Å². The summed E-state index contributed by atoms with van der Waals surface area (Å²) < 4.78 is 39.0. The van der Waals surface area contributed by atoms with Gasteiger partial charge in [0.1, 0.15) is 0 Å². The summed E-state index contributed by atoms with van der Waals surface area (Å²) in [5.74, 6) is -1.93. The Balaban J connectivity index is 2.00. The highest BCUT2D eigenvalue weighted by molar-refractivity contribution is 5.80. The van der Waals surface area contributed by atoms with E-state index >= 15 is 0 Å². The predicted molar refractivity (Wildman–Crippen MR) is 66.7 cm³/mol. The molecule has 2 heterocycles. The molecule has 0 bridgehead atoms. The van der Waals surface area contributed by atoms with E-state index in [-0.39, 0.29) is 12.6 Å². The first-order valence-corrected chi connectivity index (χ1v) is 6.70. The minimum absolute atomic E-state index is 0.104. The van der Waals surface area contributed by atoms with E-state index in [1.54, 1.807) is 0 Å². The number of nitrogens with one attached hydrogen (secondary N) is 1. The number of hydrogen-bond donors (Lipinski definition) is 2. The SMILES string of the molecule is CN1CCC(NC(=O)N2CCC(C(=O)O)(C(F)(F)F)C2)C1. The molecule has 2 saturated heterocycles. The zero-order chi connectivity index (χ0) is 15.8. The first-order valence-electron chi connectivity index (χ1n) is 6.70. The third-order valence-corrected chi connectivity index (χ3v) is 4.23. The smallest absolute Gasteiger partial charge is 0.406 e. The maximum Gasteiger partial charge on any atom is 0.406 e. The zero-order valence-electron chi connectivity index (χ0n) is 11.6. The van der Waals surface area contributed by atoms with E-state index in [1.165, 1.54) is 0 Å². The number of hydrogen-bond acceptors (Lipinski definition) is 3. The molecule has 6 nitrogen and oxygen atoms in total. The Morgan fingerprint density at radius 1 is 1.33 bits per heavy atom. The monoisotopic (exact) mass is 309 g/mol. The number of rotatable bonds is 2. The Morgan fingerprint density at radius 2 is 2.00 bits per heavy atom. The maximum atomic E-state index is 13.0. The van der Waals surface area contributed by atoms with Crippen LogP contribution in [-0.2, 0) is 4.79 Å². The number of nitrogens with zero attached hydrogens (tertiary/aromatic N) is 2. The zero-order valence-corrected chi connectivity index (χ0v) is 11.6. The largest absolute Gasteiger partial charge is 0.481 e. The van der Waals surface area contributed by atoms with Crippen molar-refractivity contribution in [3.63, 3.8) is 0 Å². The normalized spacial score (nSPS) is 30.7. The number of carbonyl (C=O) groups is 2. The third-order valence-electron chi connectivity index (χ3n) is 4.23. The molecule has 21 heavy (non-hydrogen) atoms. The molecule has 0 aromatic rings. The van der Waals surface area contributed by atoms with Gasteiger partial charge in [0.2, 0.25) is 0 Å². The van der Waals surface area contributed by atoms with Crippen LogP contribution in [0.1, 0.15) is 12.8 Å². The topological polar surface area (TPSA) is 72.9 Å². The van der Waals surface area contributed by atoms with Gasteiger partial charge >= 0.3 is 18.2 Å². The molecule has 2 aliphatic heterocycles. The summed E-state index contributed by atoms with van der Waals surface area (Å²) in [6, 6.07) is -0.726. The molecule has 2 rings (SSSR count). The van der Waals surface area contributed by atoms with Crippen molar-refractivity contribution in [2.45, 2.75) is 25.1 Å². The van der Waals surface area contributed by atoms with Gasteiger partial charge in [-0.3, -0.25) is 4.79 Å². The Bertz CT molecular complexity index is 443. The molecule has 0 aliphatic carbocycles. The van der Waals surface area contributed by atoms with E-state index < -0.39 is 36.6 Å². The molecule has 9 heteroatoms. The fraction of sp³-hybridized carbons (Fsp3) is 0.833. The number of urea groups is 1. The highest BCUT2D eigenvalue weighted by Crippen LogP contribution is 2.45. The maximum absolute atomic E-state index is 13.0. The molecule has 2 atom stereocenters. The lowest BCUT2D eigenvalue weighted by Gasteiger charge is -2.27. The minimum atomic E-state index is -4.87. The second-order valence-corrected chi connectivity index (χ2v) is 5.75. The molecule has 120 valence electrons. The number of likely N-dealkylation sites (N-methyl/N-ethyl adjacent to an activating group) is 1. The van der Waals surface area contributed by atoms with Crippen molar-refractivity contribution in [1.29, 1.82) is 0 Å². The Kier molecular flexibility index (Phi) is 4.05. The van der Waals surface area contributed by atoms with E-state index in [0.29, 0.717) is 6.54 Å². The van der Waals surface area contributed by atoms with Gasteiger partial charge in [0.25, 0.3) is 0 Å². The van der Waals surface area contributed by atoms with Crippen LogP contribution in [0.25, 0.3) is 0 Å². The number of alkyl halides is 3. The number of likely N-dealkylation sites (tertiary alicyclic amines) is 2. The van der Waals surface area contributed by atoms with Crippen LogP contribution < -0.4 is 5.32 Å². The highest BCUT2D eigenvalue weighted by Gasteiger charge is 2.64. The molecule has 2 unspecified atom stereocenters. The van der Waals surface area contributed by atoms with Crippen molar-refractivity contribution in [3.05, 3.63) is 0 Å². The number of carbonyl (C=O) groups excluding carboxylic acids is 1. The number of aliphatic carboxylic acids is 1. The van der Waals surface area contributed by atoms with Crippen molar-refractivity contribution < 1.29 is 27.9 Å². The van der Waals surface area contributed by atoms with Crippen molar-refractivity contribution in [2.24, 2.45) is 5.41 Å². The van der Waals surface area contributed by atoms with Crippen LogP contribution in [0.5, 0.6) is 0 Å².